The molecule has 0 saturated carbocycles. The Balaban J connectivity index is 1.90. The molecule has 1 fully saturated rings. The summed E-state index contributed by atoms with van der Waals surface area (Å²) in [4.78, 5) is 11.4. The summed E-state index contributed by atoms with van der Waals surface area (Å²) < 4.78 is 15.5. The molecule has 0 bridgehead atoms. The number of rotatable bonds is 9. The number of amides is 1. The zero-order valence-electron chi connectivity index (χ0n) is 10.6. The molecular formula is C11H22N2O4. The summed E-state index contributed by atoms with van der Waals surface area (Å²) in [7, 11) is 1.62. The summed E-state index contributed by atoms with van der Waals surface area (Å²) >= 11 is 0. The predicted octanol–water partition coefficient (Wildman–Crippen LogP) is -0.856. The van der Waals surface area contributed by atoms with Crippen molar-refractivity contribution >= 4 is 5.91 Å². The van der Waals surface area contributed by atoms with Gasteiger partial charge in [0, 0.05) is 26.7 Å². The van der Waals surface area contributed by atoms with E-state index < -0.39 is 0 Å². The molecule has 1 aliphatic heterocycles. The second-order valence-corrected chi connectivity index (χ2v) is 4.30. The summed E-state index contributed by atoms with van der Waals surface area (Å²) in [6, 6.07) is 0. The molecule has 2 N–H and O–H groups in total. The topological polar surface area (TPSA) is 68.8 Å². The largest absolute Gasteiger partial charge is 0.382 e. The molecule has 0 atom stereocenters. The van der Waals surface area contributed by atoms with Crippen LogP contribution in [0.3, 0.4) is 0 Å². The number of carbonyl (C=O) groups excluding carboxylic acids is 1. The molecule has 0 aromatic heterocycles. The molecule has 6 heteroatoms. The van der Waals surface area contributed by atoms with Crippen LogP contribution in [-0.4, -0.2) is 64.7 Å². The van der Waals surface area contributed by atoms with Gasteiger partial charge in [-0.1, -0.05) is 0 Å². The van der Waals surface area contributed by atoms with E-state index in [2.05, 4.69) is 10.6 Å². The molecule has 1 saturated heterocycles. The van der Waals surface area contributed by atoms with Crippen molar-refractivity contribution in [3.63, 3.8) is 0 Å². The first-order chi connectivity index (χ1) is 8.16. The maximum absolute atomic E-state index is 11.4. The molecule has 6 nitrogen and oxygen atoms in total. The van der Waals surface area contributed by atoms with Gasteiger partial charge >= 0.3 is 0 Å². The molecule has 0 aromatic carbocycles. The fraction of sp³-hybridized carbons (Fsp3) is 0.909. The van der Waals surface area contributed by atoms with Gasteiger partial charge in [0.25, 0.3) is 0 Å². The van der Waals surface area contributed by atoms with Gasteiger partial charge in [-0.25, -0.2) is 0 Å². The van der Waals surface area contributed by atoms with Gasteiger partial charge in [-0.15, -0.1) is 0 Å². The van der Waals surface area contributed by atoms with Crippen LogP contribution < -0.4 is 10.6 Å². The third-order valence-corrected chi connectivity index (χ3v) is 2.55. The van der Waals surface area contributed by atoms with E-state index in [1.807, 2.05) is 6.92 Å². The SMILES string of the molecule is COCCOCCNC(=O)COC1(C)CNC1. The minimum absolute atomic E-state index is 0.103. The molecule has 1 amide bonds. The average molecular weight is 246 g/mol. The highest BCUT2D eigenvalue weighted by molar-refractivity contribution is 5.77. The first kappa shape index (κ1) is 14.4. The average Bonchev–Trinajstić information content (AvgIpc) is 2.28. The standard InChI is InChI=1S/C11H22N2O4/c1-11(8-12-9-11)17-7-10(14)13-3-4-16-6-5-15-2/h12H,3-9H2,1-2H3,(H,13,14). The van der Waals surface area contributed by atoms with Crippen molar-refractivity contribution in [2.75, 3.05) is 53.2 Å². The summed E-state index contributed by atoms with van der Waals surface area (Å²) in [5, 5.41) is 5.84. The summed E-state index contributed by atoms with van der Waals surface area (Å²) in [5.74, 6) is -0.103. The molecule has 0 aliphatic carbocycles. The van der Waals surface area contributed by atoms with Crippen LogP contribution in [0.15, 0.2) is 0 Å². The zero-order valence-corrected chi connectivity index (χ0v) is 10.6. The smallest absolute Gasteiger partial charge is 0.246 e. The van der Waals surface area contributed by atoms with Gasteiger partial charge in [-0.05, 0) is 6.92 Å². The molecular weight excluding hydrogens is 224 g/mol. The van der Waals surface area contributed by atoms with Crippen molar-refractivity contribution in [1.82, 2.24) is 10.6 Å². The Morgan fingerprint density at radius 1 is 1.35 bits per heavy atom. The maximum atomic E-state index is 11.4. The Bertz CT molecular complexity index is 232. The van der Waals surface area contributed by atoms with Crippen molar-refractivity contribution in [3.05, 3.63) is 0 Å². The van der Waals surface area contributed by atoms with E-state index in [1.54, 1.807) is 7.11 Å². The second kappa shape index (κ2) is 7.60. The highest BCUT2D eigenvalue weighted by atomic mass is 16.5. The normalized spacial score (nSPS) is 17.5. The Morgan fingerprint density at radius 2 is 2.12 bits per heavy atom. The van der Waals surface area contributed by atoms with Crippen LogP contribution in [0.5, 0.6) is 0 Å². The zero-order chi connectivity index (χ0) is 12.6. The highest BCUT2D eigenvalue weighted by Crippen LogP contribution is 2.14. The number of methoxy groups -OCH3 is 1. The molecule has 1 rings (SSSR count). The summed E-state index contributed by atoms with van der Waals surface area (Å²) in [6.45, 7) is 5.82. The fourth-order valence-electron chi connectivity index (χ4n) is 1.38. The summed E-state index contributed by atoms with van der Waals surface area (Å²) in [6.07, 6.45) is 0. The van der Waals surface area contributed by atoms with Crippen LogP contribution >= 0.6 is 0 Å². The van der Waals surface area contributed by atoms with Crippen molar-refractivity contribution < 1.29 is 19.0 Å². The van der Waals surface area contributed by atoms with Crippen LogP contribution in [0.1, 0.15) is 6.92 Å². The Hall–Kier alpha value is -0.690. The molecule has 0 radical (unpaired) electrons. The third-order valence-electron chi connectivity index (χ3n) is 2.55. The van der Waals surface area contributed by atoms with E-state index in [0.717, 1.165) is 13.1 Å². The number of carbonyl (C=O) groups is 1. The molecule has 1 heterocycles. The lowest BCUT2D eigenvalue weighted by Gasteiger charge is -2.38. The number of hydrogen-bond acceptors (Lipinski definition) is 5. The van der Waals surface area contributed by atoms with Crippen LogP contribution in [0, 0.1) is 0 Å². The van der Waals surface area contributed by atoms with Gasteiger partial charge in [-0.2, -0.15) is 0 Å². The van der Waals surface area contributed by atoms with E-state index >= 15 is 0 Å². The number of nitrogens with one attached hydrogen (secondary N) is 2. The molecule has 0 unspecified atom stereocenters. The first-order valence-electron chi connectivity index (χ1n) is 5.84. The lowest BCUT2D eigenvalue weighted by atomic mass is 10.0. The van der Waals surface area contributed by atoms with Crippen LogP contribution in [-0.2, 0) is 19.0 Å². The van der Waals surface area contributed by atoms with Gasteiger partial charge in [0.05, 0.1) is 25.4 Å². The maximum Gasteiger partial charge on any atom is 0.246 e. The van der Waals surface area contributed by atoms with Gasteiger partial charge < -0.3 is 24.8 Å². The monoisotopic (exact) mass is 246 g/mol. The van der Waals surface area contributed by atoms with Crippen molar-refractivity contribution in [1.29, 1.82) is 0 Å². The third kappa shape index (κ3) is 5.97. The van der Waals surface area contributed by atoms with Crippen LogP contribution in [0.4, 0.5) is 0 Å². The Kier molecular flexibility index (Phi) is 6.43. The van der Waals surface area contributed by atoms with E-state index in [9.17, 15) is 4.79 Å². The van der Waals surface area contributed by atoms with Gasteiger partial charge in [0.2, 0.25) is 5.91 Å². The van der Waals surface area contributed by atoms with Crippen molar-refractivity contribution in [3.8, 4) is 0 Å². The quantitative estimate of drug-likeness (QED) is 0.518. The molecule has 1 aliphatic rings. The molecule has 0 aromatic rings. The Labute approximate surface area is 102 Å². The molecule has 17 heavy (non-hydrogen) atoms. The number of hydrogen-bond donors (Lipinski definition) is 2. The number of ether oxygens (including phenoxy) is 3. The minimum atomic E-state index is -0.174. The van der Waals surface area contributed by atoms with E-state index in [-0.39, 0.29) is 18.1 Å². The van der Waals surface area contributed by atoms with E-state index in [1.165, 1.54) is 0 Å². The lowest BCUT2D eigenvalue weighted by Crippen LogP contribution is -2.59. The minimum Gasteiger partial charge on any atom is -0.382 e. The predicted molar refractivity (Wildman–Crippen MR) is 62.9 cm³/mol. The van der Waals surface area contributed by atoms with Gasteiger partial charge in [0.1, 0.15) is 6.61 Å². The van der Waals surface area contributed by atoms with E-state index in [4.69, 9.17) is 14.2 Å². The van der Waals surface area contributed by atoms with Crippen molar-refractivity contribution in [2.24, 2.45) is 0 Å². The van der Waals surface area contributed by atoms with Gasteiger partial charge in [0.15, 0.2) is 0 Å². The first-order valence-corrected chi connectivity index (χ1v) is 5.84. The summed E-state index contributed by atoms with van der Waals surface area (Å²) in [5.41, 5.74) is -0.174. The highest BCUT2D eigenvalue weighted by Gasteiger charge is 2.32. The molecule has 0 spiro atoms. The van der Waals surface area contributed by atoms with Crippen molar-refractivity contribution in [2.45, 2.75) is 12.5 Å². The Morgan fingerprint density at radius 3 is 2.71 bits per heavy atom. The van der Waals surface area contributed by atoms with Crippen LogP contribution in [0.25, 0.3) is 0 Å². The molecule has 100 valence electrons. The second-order valence-electron chi connectivity index (χ2n) is 4.30. The fourth-order valence-corrected chi connectivity index (χ4v) is 1.38. The van der Waals surface area contributed by atoms with Gasteiger partial charge in [-0.3, -0.25) is 4.79 Å². The van der Waals surface area contributed by atoms with Crippen LogP contribution in [0.2, 0.25) is 0 Å². The lowest BCUT2D eigenvalue weighted by molar-refractivity contribution is -0.136. The van der Waals surface area contributed by atoms with E-state index in [0.29, 0.717) is 26.4 Å².